The molecule has 0 saturated carbocycles. The molecule has 2 aliphatic rings. The van der Waals surface area contributed by atoms with Crippen molar-refractivity contribution in [2.75, 3.05) is 72.8 Å². The maximum Gasteiger partial charge on any atom is 0.246 e. The average molecular weight is 424 g/mol. The second kappa shape index (κ2) is 11.0. The van der Waals surface area contributed by atoms with Gasteiger partial charge < -0.3 is 29.7 Å². The first-order chi connectivity index (χ1) is 14.5. The third-order valence-corrected chi connectivity index (χ3v) is 5.53. The van der Waals surface area contributed by atoms with Crippen molar-refractivity contribution in [2.24, 2.45) is 0 Å². The Hall–Kier alpha value is -1.75. The summed E-state index contributed by atoms with van der Waals surface area (Å²) in [7, 11) is 1.43. The molecule has 2 aliphatic heterocycles. The fourth-order valence-corrected chi connectivity index (χ4v) is 3.77. The fourth-order valence-electron chi connectivity index (χ4n) is 3.77. The lowest BCUT2D eigenvalue weighted by molar-refractivity contribution is -0.126. The van der Waals surface area contributed by atoms with Crippen LogP contribution in [-0.4, -0.2) is 110 Å². The summed E-state index contributed by atoms with van der Waals surface area (Å²) in [5.41, 5.74) is -0.304. The van der Waals surface area contributed by atoms with Gasteiger partial charge in [0.05, 0.1) is 25.9 Å². The normalized spacial score (nSPS) is 25.4. The summed E-state index contributed by atoms with van der Waals surface area (Å²) in [5, 5.41) is 23.6. The molecule has 2 saturated heterocycles. The predicted octanol–water partition coefficient (Wildman–Crippen LogP) is -0.932. The fraction of sp³-hybridized carbons (Fsp3) is 0.667. The van der Waals surface area contributed by atoms with Gasteiger partial charge in [0.1, 0.15) is 24.6 Å². The molecule has 0 unspecified atom stereocenters. The Balaban J connectivity index is 1.42. The minimum absolute atomic E-state index is 0.0111. The van der Waals surface area contributed by atoms with E-state index < -0.39 is 11.7 Å². The van der Waals surface area contributed by atoms with Crippen molar-refractivity contribution in [1.82, 2.24) is 15.1 Å². The topological polar surface area (TPSA) is 104 Å². The second-order valence-electron chi connectivity index (χ2n) is 7.95. The van der Waals surface area contributed by atoms with Crippen LogP contribution in [0.2, 0.25) is 0 Å². The highest BCUT2D eigenvalue weighted by Gasteiger charge is 2.44. The number of carbonyl (C=O) groups is 1. The van der Waals surface area contributed by atoms with Crippen LogP contribution in [-0.2, 0) is 20.8 Å². The summed E-state index contributed by atoms with van der Waals surface area (Å²) in [5.74, 6) is 0.506. The Morgan fingerprint density at radius 1 is 1.27 bits per heavy atom. The second-order valence-corrected chi connectivity index (χ2v) is 7.95. The number of methoxy groups -OCH3 is 1. The van der Waals surface area contributed by atoms with Gasteiger partial charge >= 0.3 is 0 Å². The van der Waals surface area contributed by atoms with Crippen LogP contribution in [0.15, 0.2) is 24.3 Å². The summed E-state index contributed by atoms with van der Waals surface area (Å²) in [6.45, 7) is 6.13. The Kier molecular flexibility index (Phi) is 8.43. The zero-order valence-electron chi connectivity index (χ0n) is 17.6. The highest BCUT2D eigenvalue weighted by molar-refractivity contribution is 5.77. The van der Waals surface area contributed by atoms with Crippen LogP contribution < -0.4 is 10.1 Å². The number of hydrogen-bond donors (Lipinski definition) is 3. The summed E-state index contributed by atoms with van der Waals surface area (Å²) in [6, 6.07) is 7.87. The standard InChI is InChI=1S/C21H33N3O6/c1-28-14-20(26)22-15-21(27)16-24(13-19(21)25)12-17-2-4-18(5-3-17)30-11-8-23-6-9-29-10-7-23/h2-5,19,25,27H,6-16H2,1H3,(H,22,26)/t19-,21+/m1/s1. The van der Waals surface area contributed by atoms with Gasteiger partial charge in [0, 0.05) is 46.4 Å². The Morgan fingerprint density at radius 2 is 2.00 bits per heavy atom. The van der Waals surface area contributed by atoms with Crippen LogP contribution in [0.3, 0.4) is 0 Å². The van der Waals surface area contributed by atoms with Gasteiger partial charge in [-0.15, -0.1) is 0 Å². The van der Waals surface area contributed by atoms with Crippen molar-refractivity contribution in [3.05, 3.63) is 29.8 Å². The third kappa shape index (κ3) is 6.63. The lowest BCUT2D eigenvalue weighted by Crippen LogP contribution is -2.51. The van der Waals surface area contributed by atoms with E-state index in [1.807, 2.05) is 29.2 Å². The van der Waals surface area contributed by atoms with E-state index in [9.17, 15) is 15.0 Å². The van der Waals surface area contributed by atoms with Gasteiger partial charge in [0.2, 0.25) is 5.91 Å². The monoisotopic (exact) mass is 423 g/mol. The average Bonchev–Trinajstić information content (AvgIpc) is 3.02. The molecular formula is C21H33N3O6. The molecule has 0 aromatic heterocycles. The summed E-state index contributed by atoms with van der Waals surface area (Å²) in [6.07, 6.45) is -0.928. The molecular weight excluding hydrogens is 390 g/mol. The lowest BCUT2D eigenvalue weighted by atomic mass is 10.0. The van der Waals surface area contributed by atoms with Gasteiger partial charge in [-0.05, 0) is 17.7 Å². The summed E-state index contributed by atoms with van der Waals surface area (Å²) < 4.78 is 15.9. The lowest BCUT2D eigenvalue weighted by Gasteiger charge is -2.26. The SMILES string of the molecule is COCC(=O)NC[C@]1(O)CN(Cc2ccc(OCCN3CCOCC3)cc2)C[C@H]1O. The minimum atomic E-state index is -1.37. The van der Waals surface area contributed by atoms with Crippen LogP contribution >= 0.6 is 0 Å². The molecule has 1 aromatic carbocycles. The van der Waals surface area contributed by atoms with E-state index in [2.05, 4.69) is 10.2 Å². The zero-order chi connectivity index (χ0) is 21.4. The number of nitrogens with one attached hydrogen (secondary N) is 1. The molecule has 30 heavy (non-hydrogen) atoms. The zero-order valence-corrected chi connectivity index (χ0v) is 17.6. The number of amides is 1. The molecule has 3 rings (SSSR count). The van der Waals surface area contributed by atoms with Crippen molar-refractivity contribution < 1.29 is 29.2 Å². The van der Waals surface area contributed by atoms with Gasteiger partial charge in [-0.1, -0.05) is 12.1 Å². The first-order valence-electron chi connectivity index (χ1n) is 10.4. The van der Waals surface area contributed by atoms with Crippen molar-refractivity contribution in [3.63, 3.8) is 0 Å². The van der Waals surface area contributed by atoms with Gasteiger partial charge in [-0.3, -0.25) is 14.6 Å². The Morgan fingerprint density at radius 3 is 2.70 bits per heavy atom. The van der Waals surface area contributed by atoms with Gasteiger partial charge in [0.15, 0.2) is 0 Å². The van der Waals surface area contributed by atoms with Crippen LogP contribution in [0.25, 0.3) is 0 Å². The molecule has 2 atom stereocenters. The molecule has 0 bridgehead atoms. The highest BCUT2D eigenvalue weighted by atomic mass is 16.5. The van der Waals surface area contributed by atoms with Crippen LogP contribution in [0.5, 0.6) is 5.75 Å². The maximum atomic E-state index is 11.6. The number of benzene rings is 1. The number of hydrogen-bond acceptors (Lipinski definition) is 8. The van der Waals surface area contributed by atoms with E-state index in [1.54, 1.807) is 0 Å². The molecule has 1 aromatic rings. The molecule has 3 N–H and O–H groups in total. The maximum absolute atomic E-state index is 11.6. The number of aliphatic hydroxyl groups excluding tert-OH is 1. The van der Waals surface area contributed by atoms with Crippen molar-refractivity contribution >= 4 is 5.91 Å². The van der Waals surface area contributed by atoms with Crippen molar-refractivity contribution in [2.45, 2.75) is 18.2 Å². The van der Waals surface area contributed by atoms with E-state index in [0.717, 1.165) is 44.2 Å². The van der Waals surface area contributed by atoms with Crippen LogP contribution in [0, 0.1) is 0 Å². The number of morpholine rings is 1. The third-order valence-electron chi connectivity index (χ3n) is 5.53. The van der Waals surface area contributed by atoms with Gasteiger partial charge in [0.25, 0.3) is 0 Å². The van der Waals surface area contributed by atoms with E-state index in [-0.39, 0.29) is 25.6 Å². The summed E-state index contributed by atoms with van der Waals surface area (Å²) in [4.78, 5) is 15.9. The Labute approximate surface area is 177 Å². The smallest absolute Gasteiger partial charge is 0.246 e. The molecule has 1 amide bonds. The van der Waals surface area contributed by atoms with E-state index in [4.69, 9.17) is 14.2 Å². The van der Waals surface area contributed by atoms with Gasteiger partial charge in [-0.25, -0.2) is 0 Å². The van der Waals surface area contributed by atoms with E-state index in [0.29, 0.717) is 19.7 Å². The number of aliphatic hydroxyl groups is 2. The van der Waals surface area contributed by atoms with E-state index in [1.165, 1.54) is 7.11 Å². The van der Waals surface area contributed by atoms with Crippen LogP contribution in [0.4, 0.5) is 0 Å². The molecule has 0 spiro atoms. The predicted molar refractivity (Wildman–Crippen MR) is 110 cm³/mol. The first-order valence-corrected chi connectivity index (χ1v) is 10.4. The van der Waals surface area contributed by atoms with Crippen molar-refractivity contribution in [1.29, 1.82) is 0 Å². The molecule has 2 heterocycles. The van der Waals surface area contributed by atoms with Crippen molar-refractivity contribution in [3.8, 4) is 5.75 Å². The highest BCUT2D eigenvalue weighted by Crippen LogP contribution is 2.24. The number of carbonyl (C=O) groups excluding carboxylic acids is 1. The quantitative estimate of drug-likeness (QED) is 0.444. The molecule has 0 aliphatic carbocycles. The molecule has 9 nitrogen and oxygen atoms in total. The summed E-state index contributed by atoms with van der Waals surface area (Å²) >= 11 is 0. The molecule has 0 radical (unpaired) electrons. The number of ether oxygens (including phenoxy) is 3. The number of β-amino-alcohol motifs (C(OH)–C–C–N with tert-alkyl or cyclic N) is 2. The Bertz CT molecular complexity index is 667. The number of nitrogens with zero attached hydrogens (tertiary/aromatic N) is 2. The number of rotatable bonds is 10. The number of likely N-dealkylation sites (tertiary alicyclic amines) is 1. The largest absolute Gasteiger partial charge is 0.492 e. The molecule has 9 heteroatoms. The first kappa shape index (κ1) is 22.9. The van der Waals surface area contributed by atoms with Crippen LogP contribution in [0.1, 0.15) is 5.56 Å². The van der Waals surface area contributed by atoms with E-state index >= 15 is 0 Å². The molecule has 168 valence electrons. The minimum Gasteiger partial charge on any atom is -0.492 e. The molecule has 2 fully saturated rings. The van der Waals surface area contributed by atoms with Gasteiger partial charge in [-0.2, -0.15) is 0 Å².